The van der Waals surface area contributed by atoms with Crippen LogP contribution in [0.3, 0.4) is 0 Å². The van der Waals surface area contributed by atoms with Gasteiger partial charge in [-0.15, -0.1) is 0 Å². The summed E-state index contributed by atoms with van der Waals surface area (Å²) >= 11 is 0. The Balaban J connectivity index is 1.97. The smallest absolute Gasteiger partial charge is 0.271 e. The van der Waals surface area contributed by atoms with E-state index >= 15 is 0 Å². The molecule has 1 aliphatic rings. The molecule has 1 N–H and O–H groups in total. The summed E-state index contributed by atoms with van der Waals surface area (Å²) in [4.78, 5) is 26.4. The second-order valence-electron chi connectivity index (χ2n) is 8.24. The molecule has 0 spiro atoms. The number of nitrogens with zero attached hydrogens (tertiary/aromatic N) is 2. The number of hydrogen-bond acceptors (Lipinski definition) is 5. The van der Waals surface area contributed by atoms with Crippen molar-refractivity contribution < 1.29 is 14.3 Å². The second-order valence-corrected chi connectivity index (χ2v) is 8.24. The van der Waals surface area contributed by atoms with Crippen LogP contribution in [-0.2, 0) is 0 Å². The Labute approximate surface area is 174 Å². The van der Waals surface area contributed by atoms with E-state index in [1.165, 1.54) is 11.5 Å². The number of rotatable bonds is 3. The van der Waals surface area contributed by atoms with Crippen molar-refractivity contribution in [3.63, 3.8) is 0 Å². The van der Waals surface area contributed by atoms with Crippen molar-refractivity contribution in [3.05, 3.63) is 61.6 Å². The van der Waals surface area contributed by atoms with Crippen molar-refractivity contribution >= 4 is 16.8 Å². The van der Waals surface area contributed by atoms with Gasteiger partial charge in [0.05, 0.1) is 5.56 Å². The normalized spacial score (nSPS) is 14.4. The van der Waals surface area contributed by atoms with Crippen molar-refractivity contribution in [3.8, 4) is 11.9 Å². The van der Waals surface area contributed by atoms with Gasteiger partial charge in [-0.05, 0) is 69.4 Å². The molecule has 2 heterocycles. The van der Waals surface area contributed by atoms with E-state index in [1.807, 2.05) is 32.0 Å². The van der Waals surface area contributed by atoms with Gasteiger partial charge in [0, 0.05) is 17.0 Å². The topological polar surface area (TPSA) is 96.2 Å². The zero-order valence-corrected chi connectivity index (χ0v) is 17.6. The maximum atomic E-state index is 13.5. The number of pyridine rings is 1. The minimum Gasteiger partial charge on any atom is -0.494 e. The monoisotopic (exact) mass is 404 g/mol. The fraction of sp³-hybridized carbons (Fsp3) is 0.375. The minimum absolute atomic E-state index is 0.0337. The summed E-state index contributed by atoms with van der Waals surface area (Å²) in [6.07, 6.45) is 3.35. The third-order valence-corrected chi connectivity index (χ3v) is 6.42. The number of hydrogen-bond donors (Lipinski definition) is 1. The quantitative estimate of drug-likeness (QED) is 0.635. The first-order valence-electron chi connectivity index (χ1n) is 10.2. The zero-order valence-electron chi connectivity index (χ0n) is 17.6. The first-order chi connectivity index (χ1) is 14.3. The molecule has 2 aromatic heterocycles. The summed E-state index contributed by atoms with van der Waals surface area (Å²) in [6, 6.07) is 5.59. The van der Waals surface area contributed by atoms with Gasteiger partial charge in [-0.25, -0.2) is 0 Å². The van der Waals surface area contributed by atoms with Crippen LogP contribution in [-0.4, -0.2) is 15.5 Å². The Morgan fingerprint density at radius 2 is 1.77 bits per heavy atom. The lowest BCUT2D eigenvalue weighted by atomic mass is 9.97. The first-order valence-corrected chi connectivity index (χ1v) is 10.2. The van der Waals surface area contributed by atoms with Crippen molar-refractivity contribution in [2.45, 2.75) is 59.4 Å². The second kappa shape index (κ2) is 7.17. The highest BCUT2D eigenvalue weighted by Crippen LogP contribution is 2.36. The Bertz CT molecular complexity index is 1300. The highest BCUT2D eigenvalue weighted by atomic mass is 16.3. The number of aromatic nitrogens is 1. The third-order valence-electron chi connectivity index (χ3n) is 6.42. The fourth-order valence-electron chi connectivity index (χ4n) is 4.50. The van der Waals surface area contributed by atoms with Crippen molar-refractivity contribution in [2.24, 2.45) is 0 Å². The van der Waals surface area contributed by atoms with E-state index in [4.69, 9.17) is 4.42 Å². The molecule has 1 aliphatic carbocycles. The number of carbonyl (C=O) groups excluding carboxylic acids is 1. The van der Waals surface area contributed by atoms with Gasteiger partial charge in [0.1, 0.15) is 17.2 Å². The van der Waals surface area contributed by atoms with Gasteiger partial charge in [0.2, 0.25) is 11.7 Å². The van der Waals surface area contributed by atoms with E-state index in [0.717, 1.165) is 42.2 Å². The minimum atomic E-state index is -0.538. The summed E-state index contributed by atoms with van der Waals surface area (Å²) in [7, 11) is 0. The Kier molecular flexibility index (Phi) is 4.77. The predicted molar refractivity (Wildman–Crippen MR) is 113 cm³/mol. The largest absolute Gasteiger partial charge is 0.494 e. The van der Waals surface area contributed by atoms with Gasteiger partial charge >= 0.3 is 0 Å². The van der Waals surface area contributed by atoms with Gasteiger partial charge < -0.3 is 9.52 Å². The number of furan rings is 1. The van der Waals surface area contributed by atoms with Gasteiger partial charge in [-0.1, -0.05) is 12.8 Å². The molecular weight excluding hydrogens is 380 g/mol. The van der Waals surface area contributed by atoms with Crippen LogP contribution >= 0.6 is 0 Å². The molecule has 0 aliphatic heterocycles. The standard InChI is InChI=1S/C24H24N2O4/c1-12-9-17-15(4)22(30-19(17)10-13(12)2)21(27)20-14(3)18(11-25)23(28)26(24(20)29)16-7-5-6-8-16/h9-10,16,29H,5-8H2,1-4H3. The molecule has 0 radical (unpaired) electrons. The van der Waals surface area contributed by atoms with E-state index in [-0.39, 0.29) is 34.4 Å². The van der Waals surface area contributed by atoms with Crippen LogP contribution in [0.2, 0.25) is 0 Å². The van der Waals surface area contributed by atoms with E-state index in [1.54, 1.807) is 6.92 Å². The molecule has 3 aromatic rings. The molecule has 1 fully saturated rings. The Morgan fingerprint density at radius 3 is 2.40 bits per heavy atom. The summed E-state index contributed by atoms with van der Waals surface area (Å²) in [6.45, 7) is 7.30. The van der Waals surface area contributed by atoms with Gasteiger partial charge in [-0.3, -0.25) is 14.2 Å². The average Bonchev–Trinajstić information content (AvgIpc) is 3.32. The highest BCUT2D eigenvalue weighted by molar-refractivity contribution is 6.12. The molecule has 154 valence electrons. The molecule has 6 heteroatoms. The van der Waals surface area contributed by atoms with Crippen LogP contribution in [0.5, 0.6) is 5.88 Å². The van der Waals surface area contributed by atoms with Crippen LogP contribution in [0.25, 0.3) is 11.0 Å². The summed E-state index contributed by atoms with van der Waals surface area (Å²) in [5.74, 6) is -0.771. The molecule has 30 heavy (non-hydrogen) atoms. The highest BCUT2D eigenvalue weighted by Gasteiger charge is 2.31. The lowest BCUT2D eigenvalue weighted by molar-refractivity contribution is 0.100. The van der Waals surface area contributed by atoms with E-state index < -0.39 is 11.3 Å². The fourth-order valence-corrected chi connectivity index (χ4v) is 4.50. The van der Waals surface area contributed by atoms with Crippen molar-refractivity contribution in [1.29, 1.82) is 5.26 Å². The Hall–Kier alpha value is -3.33. The van der Waals surface area contributed by atoms with E-state index in [9.17, 15) is 20.0 Å². The SMILES string of the molecule is Cc1cc2oc(C(=O)c3c(C)c(C#N)c(=O)n(C4CCCC4)c3O)c(C)c2cc1C. The zero-order chi connectivity index (χ0) is 21.7. The van der Waals surface area contributed by atoms with Crippen molar-refractivity contribution in [2.75, 3.05) is 0 Å². The summed E-state index contributed by atoms with van der Waals surface area (Å²) in [5.41, 5.74) is 2.92. The molecule has 6 nitrogen and oxygen atoms in total. The number of carbonyl (C=O) groups is 1. The van der Waals surface area contributed by atoms with Crippen LogP contribution in [0.15, 0.2) is 21.3 Å². The van der Waals surface area contributed by atoms with Crippen LogP contribution < -0.4 is 5.56 Å². The Morgan fingerprint density at radius 1 is 1.13 bits per heavy atom. The van der Waals surface area contributed by atoms with Gasteiger partial charge in [0.15, 0.2) is 5.76 Å². The van der Waals surface area contributed by atoms with Gasteiger partial charge in [0.25, 0.3) is 5.56 Å². The number of benzene rings is 1. The lowest BCUT2D eigenvalue weighted by Gasteiger charge is -2.19. The van der Waals surface area contributed by atoms with Gasteiger partial charge in [-0.2, -0.15) is 5.26 Å². The molecule has 0 bridgehead atoms. The lowest BCUT2D eigenvalue weighted by Crippen LogP contribution is -2.29. The van der Waals surface area contributed by atoms with E-state index in [2.05, 4.69) is 0 Å². The molecule has 0 atom stereocenters. The number of nitriles is 1. The van der Waals surface area contributed by atoms with Crippen molar-refractivity contribution in [1.82, 2.24) is 4.57 Å². The maximum Gasteiger partial charge on any atom is 0.271 e. The molecule has 4 rings (SSSR count). The average molecular weight is 404 g/mol. The molecular formula is C24H24N2O4. The van der Waals surface area contributed by atoms with Crippen LogP contribution in [0.4, 0.5) is 0 Å². The predicted octanol–water partition coefficient (Wildman–Crippen LogP) is 4.75. The third kappa shape index (κ3) is 2.85. The molecule has 0 saturated heterocycles. The molecule has 1 aromatic carbocycles. The first kappa shape index (κ1) is 20.0. The van der Waals surface area contributed by atoms with E-state index in [0.29, 0.717) is 11.1 Å². The molecule has 0 unspecified atom stereocenters. The maximum absolute atomic E-state index is 13.5. The number of aryl methyl sites for hydroxylation is 3. The summed E-state index contributed by atoms with van der Waals surface area (Å²) in [5, 5.41) is 21.4. The number of fused-ring (bicyclic) bond motifs is 1. The van der Waals surface area contributed by atoms with Crippen LogP contribution in [0, 0.1) is 39.0 Å². The molecule has 1 saturated carbocycles. The van der Waals surface area contributed by atoms with Crippen LogP contribution in [0.1, 0.15) is 75.7 Å². The summed E-state index contributed by atoms with van der Waals surface area (Å²) < 4.78 is 7.13. The number of aromatic hydroxyl groups is 1. The number of ketones is 1. The molecule has 0 amide bonds.